The molecule has 0 radical (unpaired) electrons. The highest BCUT2D eigenvalue weighted by Crippen LogP contribution is 2.45. The molecule has 0 saturated carbocycles. The molecule has 2 aliphatic rings. The topological polar surface area (TPSA) is 38.9 Å². The van der Waals surface area contributed by atoms with Gasteiger partial charge in [0.2, 0.25) is 0 Å². The van der Waals surface area contributed by atoms with E-state index < -0.39 is 0 Å². The molecule has 6 aromatic carbocycles. The molecule has 50 heavy (non-hydrogen) atoms. The Bertz CT molecular complexity index is 2700. The Morgan fingerprint density at radius 2 is 1.32 bits per heavy atom. The molecular formula is C47H34N2O. The van der Waals surface area contributed by atoms with E-state index in [1.54, 1.807) is 0 Å². The fraction of sp³-hybridized carbons (Fsp3) is 0.106. The van der Waals surface area contributed by atoms with E-state index in [9.17, 15) is 0 Å². The Kier molecular flexibility index (Phi) is 6.67. The fourth-order valence-electron chi connectivity index (χ4n) is 8.08. The molecule has 0 saturated heterocycles. The summed E-state index contributed by atoms with van der Waals surface area (Å²) >= 11 is 0. The minimum atomic E-state index is 0.467. The Hall–Kier alpha value is -6.06. The van der Waals surface area contributed by atoms with Gasteiger partial charge in [0.15, 0.2) is 11.4 Å². The lowest BCUT2D eigenvalue weighted by Gasteiger charge is -2.19. The summed E-state index contributed by atoms with van der Waals surface area (Å²) in [6.07, 6.45) is 9.91. The summed E-state index contributed by atoms with van der Waals surface area (Å²) in [7, 11) is 0. The van der Waals surface area contributed by atoms with Gasteiger partial charge in [0.1, 0.15) is 16.8 Å². The maximum atomic E-state index is 7.00. The number of allylic oxidation sites excluding steroid dienone is 2. The molecule has 2 aromatic heterocycles. The van der Waals surface area contributed by atoms with Gasteiger partial charge < -0.3 is 4.42 Å². The van der Waals surface area contributed by atoms with Crippen LogP contribution in [0.3, 0.4) is 0 Å². The van der Waals surface area contributed by atoms with Crippen molar-refractivity contribution in [2.45, 2.75) is 26.2 Å². The fourth-order valence-corrected chi connectivity index (χ4v) is 8.08. The first-order chi connectivity index (χ1) is 24.7. The molecule has 0 amide bonds. The van der Waals surface area contributed by atoms with E-state index in [2.05, 4.69) is 153 Å². The van der Waals surface area contributed by atoms with Gasteiger partial charge in [0, 0.05) is 16.5 Å². The molecule has 2 heterocycles. The van der Waals surface area contributed by atoms with Gasteiger partial charge in [-0.05, 0) is 87.2 Å². The zero-order chi connectivity index (χ0) is 33.2. The second-order valence-electron chi connectivity index (χ2n) is 13.7. The van der Waals surface area contributed by atoms with Gasteiger partial charge in [0.05, 0.1) is 5.39 Å². The van der Waals surface area contributed by atoms with Crippen LogP contribution in [0.25, 0.3) is 78.0 Å². The number of furan rings is 1. The van der Waals surface area contributed by atoms with E-state index >= 15 is 0 Å². The van der Waals surface area contributed by atoms with Crippen LogP contribution in [0.2, 0.25) is 0 Å². The van der Waals surface area contributed by atoms with Gasteiger partial charge in [0.25, 0.3) is 0 Å². The van der Waals surface area contributed by atoms with Crippen LogP contribution < -0.4 is 0 Å². The number of fused-ring (bicyclic) bond motifs is 9. The molecular weight excluding hydrogens is 609 g/mol. The first-order valence-electron chi connectivity index (χ1n) is 17.6. The van der Waals surface area contributed by atoms with Crippen molar-refractivity contribution in [2.24, 2.45) is 5.92 Å². The van der Waals surface area contributed by atoms with Crippen LogP contribution in [-0.2, 0) is 12.8 Å². The number of hydrogen-bond donors (Lipinski definition) is 0. The Labute approximate surface area is 291 Å². The maximum absolute atomic E-state index is 7.00. The molecule has 3 heteroatoms. The summed E-state index contributed by atoms with van der Waals surface area (Å²) in [5, 5.41) is 3.46. The second kappa shape index (κ2) is 11.5. The first kappa shape index (κ1) is 28.9. The van der Waals surface area contributed by atoms with E-state index in [1.807, 2.05) is 0 Å². The number of hydrogen-bond acceptors (Lipinski definition) is 3. The van der Waals surface area contributed by atoms with Crippen molar-refractivity contribution in [1.29, 1.82) is 0 Å². The van der Waals surface area contributed by atoms with Crippen LogP contribution in [0.1, 0.15) is 41.4 Å². The monoisotopic (exact) mass is 642 g/mol. The van der Waals surface area contributed by atoms with Crippen molar-refractivity contribution in [3.63, 3.8) is 0 Å². The Morgan fingerprint density at radius 1 is 0.640 bits per heavy atom. The lowest BCUT2D eigenvalue weighted by molar-refractivity contribution is 0.670. The molecule has 1 atom stereocenters. The molecule has 0 spiro atoms. The average Bonchev–Trinajstić information content (AvgIpc) is 3.58. The van der Waals surface area contributed by atoms with Crippen LogP contribution in [-0.4, -0.2) is 9.97 Å². The van der Waals surface area contributed by atoms with Crippen molar-refractivity contribution < 1.29 is 4.42 Å². The Balaban J connectivity index is 1.25. The van der Waals surface area contributed by atoms with E-state index in [1.165, 1.54) is 38.8 Å². The van der Waals surface area contributed by atoms with Gasteiger partial charge in [-0.25, -0.2) is 9.97 Å². The van der Waals surface area contributed by atoms with E-state index in [0.717, 1.165) is 80.5 Å². The van der Waals surface area contributed by atoms with E-state index in [-0.39, 0.29) is 0 Å². The number of rotatable bonds is 4. The average molecular weight is 643 g/mol. The molecule has 0 fully saturated rings. The third-order valence-corrected chi connectivity index (χ3v) is 10.5. The smallest absolute Gasteiger partial charge is 0.180 e. The summed E-state index contributed by atoms with van der Waals surface area (Å²) in [6.45, 7) is 2.29. The first-order valence-corrected chi connectivity index (χ1v) is 17.6. The summed E-state index contributed by atoms with van der Waals surface area (Å²) in [5.41, 5.74) is 15.2. The molecule has 0 aliphatic heterocycles. The minimum Gasteiger partial charge on any atom is -0.451 e. The highest BCUT2D eigenvalue weighted by molar-refractivity contribution is 6.20. The zero-order valence-electron chi connectivity index (χ0n) is 27.9. The van der Waals surface area contributed by atoms with Crippen molar-refractivity contribution >= 4 is 44.5 Å². The SMILES string of the molecule is CC1C=Cc2c(c3ccccc3c3oc4c(-c5cccc(-c6cccc(-c7ccccc7)c6)c5)nc(C5=CCCc6ccccc65)nc4c23)C1. The van der Waals surface area contributed by atoms with Crippen molar-refractivity contribution in [1.82, 2.24) is 9.97 Å². The summed E-state index contributed by atoms with van der Waals surface area (Å²) in [4.78, 5) is 10.8. The lowest BCUT2D eigenvalue weighted by Crippen LogP contribution is -2.06. The largest absolute Gasteiger partial charge is 0.451 e. The number of aryl methyl sites for hydroxylation is 1. The van der Waals surface area contributed by atoms with Gasteiger partial charge in [-0.2, -0.15) is 0 Å². The van der Waals surface area contributed by atoms with E-state index in [4.69, 9.17) is 14.4 Å². The third-order valence-electron chi connectivity index (χ3n) is 10.5. The van der Waals surface area contributed by atoms with Crippen molar-refractivity contribution in [3.05, 3.63) is 168 Å². The number of benzene rings is 6. The predicted molar refractivity (Wildman–Crippen MR) is 207 cm³/mol. The highest BCUT2D eigenvalue weighted by atomic mass is 16.3. The zero-order valence-corrected chi connectivity index (χ0v) is 27.9. The molecule has 10 rings (SSSR count). The van der Waals surface area contributed by atoms with Gasteiger partial charge in [-0.3, -0.25) is 0 Å². The van der Waals surface area contributed by atoms with Crippen LogP contribution in [0.5, 0.6) is 0 Å². The quantitative estimate of drug-likeness (QED) is 0.192. The van der Waals surface area contributed by atoms with Gasteiger partial charge in [-0.15, -0.1) is 0 Å². The highest BCUT2D eigenvalue weighted by Gasteiger charge is 2.27. The Morgan fingerprint density at radius 3 is 2.16 bits per heavy atom. The number of aromatic nitrogens is 2. The van der Waals surface area contributed by atoms with Crippen LogP contribution in [0.15, 0.2) is 144 Å². The third kappa shape index (κ3) is 4.65. The van der Waals surface area contributed by atoms with Crippen LogP contribution >= 0.6 is 0 Å². The normalized spacial score (nSPS) is 15.3. The molecule has 0 N–H and O–H groups in total. The molecule has 3 nitrogen and oxygen atoms in total. The maximum Gasteiger partial charge on any atom is 0.180 e. The van der Waals surface area contributed by atoms with Crippen LogP contribution in [0.4, 0.5) is 0 Å². The predicted octanol–water partition coefficient (Wildman–Crippen LogP) is 12.1. The lowest BCUT2D eigenvalue weighted by atomic mass is 9.85. The minimum absolute atomic E-state index is 0.467. The molecule has 0 bridgehead atoms. The summed E-state index contributed by atoms with van der Waals surface area (Å²) in [6, 6.07) is 45.4. The summed E-state index contributed by atoms with van der Waals surface area (Å²) < 4.78 is 7.00. The van der Waals surface area contributed by atoms with Gasteiger partial charge in [-0.1, -0.05) is 140 Å². The molecule has 1 unspecified atom stereocenters. The van der Waals surface area contributed by atoms with E-state index in [0.29, 0.717) is 5.92 Å². The standard InChI is InChI=1S/C47H34N2O/c1-29-24-25-38-41(26-29)37-21-7-8-22-39(37)45-42(38)44-46(50-45)43(48-47(49-44)40-23-11-15-31-14-5-6-20-36(31)40)35-19-10-18-34(28-35)33-17-9-16-32(27-33)30-12-3-2-4-13-30/h2-10,12-14,16-25,27-29H,11,15,26H2,1H3. The molecule has 8 aromatic rings. The molecule has 2 aliphatic carbocycles. The van der Waals surface area contributed by atoms with Gasteiger partial charge >= 0.3 is 0 Å². The van der Waals surface area contributed by atoms with Crippen molar-refractivity contribution in [2.75, 3.05) is 0 Å². The molecule has 238 valence electrons. The summed E-state index contributed by atoms with van der Waals surface area (Å²) in [5.74, 6) is 1.21. The van der Waals surface area contributed by atoms with Crippen molar-refractivity contribution in [3.8, 4) is 33.5 Å². The number of nitrogens with zero attached hydrogens (tertiary/aromatic N) is 2. The second-order valence-corrected chi connectivity index (χ2v) is 13.7. The van der Waals surface area contributed by atoms with Crippen LogP contribution in [0, 0.1) is 5.92 Å².